The first-order valence-corrected chi connectivity index (χ1v) is 9.00. The van der Waals surface area contributed by atoms with Crippen molar-refractivity contribution in [1.82, 2.24) is 9.47 Å². The van der Waals surface area contributed by atoms with Crippen LogP contribution in [0.5, 0.6) is 0 Å². The second kappa shape index (κ2) is 7.54. The normalized spacial score (nSPS) is 19.8. The summed E-state index contributed by atoms with van der Waals surface area (Å²) >= 11 is 0. The summed E-state index contributed by atoms with van der Waals surface area (Å²) in [6, 6.07) is 9.20. The highest BCUT2D eigenvalue weighted by Crippen LogP contribution is 2.26. The quantitative estimate of drug-likeness (QED) is 0.764. The van der Waals surface area contributed by atoms with Gasteiger partial charge < -0.3 is 25.0 Å². The SMILES string of the molecule is CC(=O)Nc1ccc(-n2c(C)ccc2C)c(C(=O)N2CC[C@@H](O)[C@H](O)C2)c1. The maximum Gasteiger partial charge on any atom is 0.256 e. The number of β-amino-alcohol motifs (C(OH)–C–C–N with tert-alkyl or cyclic N) is 1. The Kier molecular flexibility index (Phi) is 5.34. The molecule has 1 saturated heterocycles. The Morgan fingerprint density at radius 3 is 2.33 bits per heavy atom. The minimum absolute atomic E-state index is 0.0768. The first kappa shape index (κ1) is 19.1. The molecular weight excluding hydrogens is 346 g/mol. The molecule has 0 radical (unpaired) electrons. The number of nitrogens with one attached hydrogen (secondary N) is 1. The fourth-order valence-corrected chi connectivity index (χ4v) is 3.51. The Bertz CT molecular complexity index is 855. The van der Waals surface area contributed by atoms with Crippen LogP contribution in [-0.2, 0) is 4.79 Å². The number of likely N-dealkylation sites (tertiary alicyclic amines) is 1. The van der Waals surface area contributed by atoms with Crippen LogP contribution in [0.1, 0.15) is 35.1 Å². The van der Waals surface area contributed by atoms with Gasteiger partial charge in [0.1, 0.15) is 0 Å². The summed E-state index contributed by atoms with van der Waals surface area (Å²) in [6.07, 6.45) is -1.44. The van der Waals surface area contributed by atoms with E-state index in [2.05, 4.69) is 5.32 Å². The summed E-state index contributed by atoms with van der Waals surface area (Å²) in [5, 5.41) is 22.4. The molecule has 3 rings (SSSR count). The Labute approximate surface area is 158 Å². The molecule has 1 aliphatic heterocycles. The molecule has 2 aromatic rings. The molecular formula is C20H25N3O4. The molecule has 1 fully saturated rings. The lowest BCUT2D eigenvalue weighted by Gasteiger charge is -2.34. The molecule has 27 heavy (non-hydrogen) atoms. The number of piperidine rings is 1. The lowest BCUT2D eigenvalue weighted by molar-refractivity contribution is -0.114. The predicted molar refractivity (Wildman–Crippen MR) is 102 cm³/mol. The Balaban J connectivity index is 2.05. The van der Waals surface area contributed by atoms with Gasteiger partial charge in [-0.05, 0) is 50.6 Å². The van der Waals surface area contributed by atoms with Gasteiger partial charge in [0, 0.05) is 37.1 Å². The van der Waals surface area contributed by atoms with Crippen LogP contribution in [0.3, 0.4) is 0 Å². The minimum atomic E-state index is -0.959. The summed E-state index contributed by atoms with van der Waals surface area (Å²) in [6.45, 7) is 5.78. The van der Waals surface area contributed by atoms with Crippen molar-refractivity contribution in [3.8, 4) is 5.69 Å². The summed E-state index contributed by atoms with van der Waals surface area (Å²) in [4.78, 5) is 26.2. The Morgan fingerprint density at radius 2 is 1.74 bits per heavy atom. The number of aliphatic hydroxyl groups is 2. The number of aliphatic hydroxyl groups excluding tert-OH is 2. The van der Waals surface area contributed by atoms with E-state index in [0.717, 1.165) is 17.1 Å². The average Bonchev–Trinajstić information content (AvgIpc) is 2.95. The monoisotopic (exact) mass is 371 g/mol. The van der Waals surface area contributed by atoms with E-state index in [-0.39, 0.29) is 18.4 Å². The standard InChI is InChI=1S/C20H25N3O4/c1-12-4-5-13(2)23(12)17-7-6-15(21-14(3)24)10-16(17)20(27)22-9-8-18(25)19(26)11-22/h4-7,10,18-19,25-26H,8-9,11H2,1-3H3,(H,21,24)/t18-,19-/m1/s1. The second-order valence-electron chi connectivity index (χ2n) is 7.04. The van der Waals surface area contributed by atoms with E-state index in [9.17, 15) is 19.8 Å². The third kappa shape index (κ3) is 3.89. The predicted octanol–water partition coefficient (Wildman–Crippen LogP) is 1.62. The zero-order valence-electron chi connectivity index (χ0n) is 15.8. The summed E-state index contributed by atoms with van der Waals surface area (Å²) in [5.41, 5.74) is 3.67. The lowest BCUT2D eigenvalue weighted by atomic mass is 10.0. The van der Waals surface area contributed by atoms with Crippen molar-refractivity contribution < 1.29 is 19.8 Å². The number of nitrogens with zero attached hydrogens (tertiary/aromatic N) is 2. The second-order valence-corrected chi connectivity index (χ2v) is 7.04. The van der Waals surface area contributed by atoms with Crippen LogP contribution in [0, 0.1) is 13.8 Å². The van der Waals surface area contributed by atoms with Crippen molar-refractivity contribution in [2.24, 2.45) is 0 Å². The van der Waals surface area contributed by atoms with Crippen molar-refractivity contribution in [3.63, 3.8) is 0 Å². The van der Waals surface area contributed by atoms with Gasteiger partial charge >= 0.3 is 0 Å². The number of carbonyl (C=O) groups excluding carboxylic acids is 2. The van der Waals surface area contributed by atoms with E-state index in [1.807, 2.05) is 36.6 Å². The molecule has 3 N–H and O–H groups in total. The maximum absolute atomic E-state index is 13.2. The molecule has 1 aliphatic rings. The number of benzene rings is 1. The number of rotatable bonds is 3. The largest absolute Gasteiger partial charge is 0.390 e. The smallest absolute Gasteiger partial charge is 0.256 e. The molecule has 1 aromatic heterocycles. The van der Waals surface area contributed by atoms with E-state index >= 15 is 0 Å². The first-order valence-electron chi connectivity index (χ1n) is 9.00. The van der Waals surface area contributed by atoms with Crippen LogP contribution >= 0.6 is 0 Å². The fraction of sp³-hybridized carbons (Fsp3) is 0.400. The molecule has 2 amide bonds. The van der Waals surface area contributed by atoms with E-state index in [4.69, 9.17) is 0 Å². The number of hydrogen-bond acceptors (Lipinski definition) is 4. The van der Waals surface area contributed by atoms with E-state index in [1.165, 1.54) is 6.92 Å². The van der Waals surface area contributed by atoms with Crippen molar-refractivity contribution >= 4 is 17.5 Å². The molecule has 0 spiro atoms. The zero-order valence-corrected chi connectivity index (χ0v) is 15.8. The van der Waals surface area contributed by atoms with E-state index in [0.29, 0.717) is 24.2 Å². The van der Waals surface area contributed by atoms with Crippen molar-refractivity contribution in [1.29, 1.82) is 0 Å². The molecule has 144 valence electrons. The minimum Gasteiger partial charge on any atom is -0.390 e. The van der Waals surface area contributed by atoms with Gasteiger partial charge in [-0.15, -0.1) is 0 Å². The van der Waals surface area contributed by atoms with Gasteiger partial charge in [-0.3, -0.25) is 9.59 Å². The molecule has 2 atom stereocenters. The highest BCUT2D eigenvalue weighted by molar-refractivity contribution is 6.00. The van der Waals surface area contributed by atoms with Crippen LogP contribution in [0.15, 0.2) is 30.3 Å². The van der Waals surface area contributed by atoms with Gasteiger partial charge in [0.2, 0.25) is 5.91 Å². The molecule has 0 bridgehead atoms. The van der Waals surface area contributed by atoms with Gasteiger partial charge in [0.25, 0.3) is 5.91 Å². The molecule has 2 heterocycles. The van der Waals surface area contributed by atoms with Crippen molar-refractivity contribution in [2.75, 3.05) is 18.4 Å². The van der Waals surface area contributed by atoms with E-state index < -0.39 is 12.2 Å². The van der Waals surface area contributed by atoms with Crippen molar-refractivity contribution in [3.05, 3.63) is 47.3 Å². The maximum atomic E-state index is 13.2. The zero-order chi connectivity index (χ0) is 19.7. The van der Waals surface area contributed by atoms with Crippen molar-refractivity contribution in [2.45, 2.75) is 39.4 Å². The van der Waals surface area contributed by atoms with Gasteiger partial charge in [0.05, 0.1) is 23.5 Å². The van der Waals surface area contributed by atoms with Gasteiger partial charge in [-0.1, -0.05) is 0 Å². The molecule has 1 aromatic carbocycles. The number of aromatic nitrogens is 1. The fourth-order valence-electron chi connectivity index (χ4n) is 3.51. The number of hydrogen-bond donors (Lipinski definition) is 3. The third-order valence-corrected chi connectivity index (χ3v) is 4.89. The van der Waals surface area contributed by atoms with E-state index in [1.54, 1.807) is 17.0 Å². The third-order valence-electron chi connectivity index (χ3n) is 4.89. The van der Waals surface area contributed by atoms with Gasteiger partial charge in [-0.2, -0.15) is 0 Å². The van der Waals surface area contributed by atoms with Gasteiger partial charge in [-0.25, -0.2) is 0 Å². The molecule has 7 heteroatoms. The lowest BCUT2D eigenvalue weighted by Crippen LogP contribution is -2.49. The topological polar surface area (TPSA) is 94.8 Å². The number of anilines is 1. The number of aryl methyl sites for hydroxylation is 2. The van der Waals surface area contributed by atoms with Crippen LogP contribution in [0.2, 0.25) is 0 Å². The summed E-state index contributed by atoms with van der Waals surface area (Å²) < 4.78 is 1.99. The molecule has 0 saturated carbocycles. The average molecular weight is 371 g/mol. The first-order chi connectivity index (χ1) is 12.8. The number of amides is 2. The van der Waals surface area contributed by atoms with Gasteiger partial charge in [0.15, 0.2) is 0 Å². The van der Waals surface area contributed by atoms with Crippen LogP contribution in [0.25, 0.3) is 5.69 Å². The number of carbonyl (C=O) groups is 2. The molecule has 7 nitrogen and oxygen atoms in total. The Morgan fingerprint density at radius 1 is 1.07 bits per heavy atom. The highest BCUT2D eigenvalue weighted by atomic mass is 16.3. The highest BCUT2D eigenvalue weighted by Gasteiger charge is 2.30. The Hall–Kier alpha value is -2.64. The van der Waals surface area contributed by atoms with Crippen LogP contribution in [-0.4, -0.2) is 56.8 Å². The summed E-state index contributed by atoms with van der Waals surface area (Å²) in [7, 11) is 0. The molecule has 0 aliphatic carbocycles. The van der Waals surface area contributed by atoms with Crippen LogP contribution < -0.4 is 5.32 Å². The van der Waals surface area contributed by atoms with Crippen LogP contribution in [0.4, 0.5) is 5.69 Å². The summed E-state index contributed by atoms with van der Waals surface area (Å²) in [5.74, 6) is -0.457. The molecule has 0 unspecified atom stereocenters.